The van der Waals surface area contributed by atoms with Crippen LogP contribution in [-0.4, -0.2) is 47.8 Å². The third kappa shape index (κ3) is 5.81. The van der Waals surface area contributed by atoms with Gasteiger partial charge in [0.05, 0.1) is 0 Å². The molecule has 6 heteroatoms. The highest BCUT2D eigenvalue weighted by Crippen LogP contribution is 2.14. The summed E-state index contributed by atoms with van der Waals surface area (Å²) < 4.78 is 0. The minimum Gasteiger partial charge on any atom is -0.366 e. The highest BCUT2D eigenvalue weighted by molar-refractivity contribution is 6.04. The Bertz CT molecular complexity index is 1040. The molecule has 0 spiro atoms. The summed E-state index contributed by atoms with van der Waals surface area (Å²) in [4.78, 5) is 28.6. The number of hydrogen-bond donors (Lipinski definition) is 2. The smallest absolute Gasteiger partial charge is 0.255 e. The van der Waals surface area contributed by atoms with E-state index in [4.69, 9.17) is 5.73 Å². The van der Waals surface area contributed by atoms with Crippen LogP contribution in [0.4, 0.5) is 5.69 Å². The molecule has 3 N–H and O–H groups in total. The Hall–Kier alpha value is -3.48. The van der Waals surface area contributed by atoms with Gasteiger partial charge in [-0.05, 0) is 47.5 Å². The summed E-state index contributed by atoms with van der Waals surface area (Å²) in [5.41, 5.74) is 9.43. The van der Waals surface area contributed by atoms with Crippen molar-refractivity contribution >= 4 is 17.5 Å². The van der Waals surface area contributed by atoms with Gasteiger partial charge < -0.3 is 11.1 Å². The highest BCUT2D eigenvalue weighted by atomic mass is 16.2. The Morgan fingerprint density at radius 2 is 1.19 bits per heavy atom. The van der Waals surface area contributed by atoms with E-state index >= 15 is 0 Å². The molecule has 0 saturated carbocycles. The number of carbonyl (C=O) groups is 2. The summed E-state index contributed by atoms with van der Waals surface area (Å²) in [7, 11) is 0. The molecule has 0 bridgehead atoms. The van der Waals surface area contributed by atoms with Crippen LogP contribution in [0.3, 0.4) is 0 Å². The molecule has 1 saturated heterocycles. The Morgan fingerprint density at radius 3 is 1.72 bits per heavy atom. The minimum atomic E-state index is -0.490. The van der Waals surface area contributed by atoms with Crippen molar-refractivity contribution < 1.29 is 9.59 Å². The van der Waals surface area contributed by atoms with Gasteiger partial charge in [0.2, 0.25) is 5.91 Å². The van der Waals surface area contributed by atoms with Crippen LogP contribution in [0.25, 0.3) is 0 Å². The van der Waals surface area contributed by atoms with Crippen molar-refractivity contribution in [1.29, 1.82) is 0 Å². The van der Waals surface area contributed by atoms with E-state index in [2.05, 4.69) is 45.4 Å². The fourth-order valence-electron chi connectivity index (χ4n) is 3.89. The summed E-state index contributed by atoms with van der Waals surface area (Å²) >= 11 is 0. The average molecular weight is 429 g/mol. The second-order valence-corrected chi connectivity index (χ2v) is 8.13. The van der Waals surface area contributed by atoms with Gasteiger partial charge in [-0.2, -0.15) is 0 Å². The molecule has 0 aromatic heterocycles. The van der Waals surface area contributed by atoms with Gasteiger partial charge in [0, 0.05) is 56.1 Å². The number of nitrogens with zero attached hydrogens (tertiary/aromatic N) is 2. The van der Waals surface area contributed by atoms with E-state index in [1.165, 1.54) is 11.1 Å². The van der Waals surface area contributed by atoms with Crippen molar-refractivity contribution in [3.05, 3.63) is 101 Å². The summed E-state index contributed by atoms with van der Waals surface area (Å²) in [6.45, 7) is 6.08. The molecule has 1 aliphatic heterocycles. The second kappa shape index (κ2) is 10.2. The average Bonchev–Trinajstić information content (AvgIpc) is 2.82. The van der Waals surface area contributed by atoms with Gasteiger partial charge >= 0.3 is 0 Å². The Labute approximate surface area is 188 Å². The van der Waals surface area contributed by atoms with Crippen molar-refractivity contribution in [2.24, 2.45) is 5.73 Å². The lowest BCUT2D eigenvalue weighted by Crippen LogP contribution is -2.45. The first-order valence-electron chi connectivity index (χ1n) is 10.9. The number of amides is 2. The lowest BCUT2D eigenvalue weighted by molar-refractivity contribution is 0.0998. The first-order chi connectivity index (χ1) is 15.6. The zero-order valence-electron chi connectivity index (χ0n) is 18.0. The number of piperazine rings is 1. The maximum atomic E-state index is 12.5. The van der Waals surface area contributed by atoms with E-state index in [-0.39, 0.29) is 5.91 Å². The van der Waals surface area contributed by atoms with Gasteiger partial charge in [0.1, 0.15) is 0 Å². The number of rotatable bonds is 7. The van der Waals surface area contributed by atoms with Crippen LogP contribution in [0.5, 0.6) is 0 Å². The molecule has 0 atom stereocenters. The zero-order valence-corrected chi connectivity index (χ0v) is 18.0. The third-order valence-corrected chi connectivity index (χ3v) is 5.76. The topological polar surface area (TPSA) is 78.7 Å². The van der Waals surface area contributed by atoms with Crippen molar-refractivity contribution in [2.45, 2.75) is 13.1 Å². The number of hydrogen-bond acceptors (Lipinski definition) is 4. The first-order valence-corrected chi connectivity index (χ1v) is 10.9. The van der Waals surface area contributed by atoms with Crippen LogP contribution in [-0.2, 0) is 13.1 Å². The number of carbonyl (C=O) groups excluding carboxylic acids is 2. The highest BCUT2D eigenvalue weighted by Gasteiger charge is 2.17. The normalized spacial score (nSPS) is 14.8. The fourth-order valence-corrected chi connectivity index (χ4v) is 3.89. The van der Waals surface area contributed by atoms with Crippen LogP contribution in [0, 0.1) is 0 Å². The van der Waals surface area contributed by atoms with Crippen LogP contribution in [0.15, 0.2) is 78.9 Å². The van der Waals surface area contributed by atoms with Gasteiger partial charge in [-0.3, -0.25) is 19.4 Å². The van der Waals surface area contributed by atoms with Gasteiger partial charge in [0.25, 0.3) is 5.91 Å². The van der Waals surface area contributed by atoms with Crippen LogP contribution in [0.1, 0.15) is 31.8 Å². The molecule has 1 aliphatic rings. The summed E-state index contributed by atoms with van der Waals surface area (Å²) in [6.07, 6.45) is 0. The molecule has 6 nitrogen and oxygen atoms in total. The van der Waals surface area contributed by atoms with E-state index in [1.54, 1.807) is 24.3 Å². The lowest BCUT2D eigenvalue weighted by Gasteiger charge is -2.34. The molecular weight excluding hydrogens is 400 g/mol. The molecule has 0 unspecified atom stereocenters. The molecule has 2 amide bonds. The van der Waals surface area contributed by atoms with Crippen molar-refractivity contribution in [2.75, 3.05) is 31.5 Å². The summed E-state index contributed by atoms with van der Waals surface area (Å²) in [5.74, 6) is -0.672. The second-order valence-electron chi connectivity index (χ2n) is 8.13. The van der Waals surface area contributed by atoms with Gasteiger partial charge in [-0.25, -0.2) is 0 Å². The third-order valence-electron chi connectivity index (χ3n) is 5.76. The molecule has 3 aromatic carbocycles. The van der Waals surface area contributed by atoms with Crippen molar-refractivity contribution in [3.8, 4) is 0 Å². The Kier molecular flexibility index (Phi) is 6.94. The summed E-state index contributed by atoms with van der Waals surface area (Å²) in [6, 6.07) is 24.9. The predicted molar refractivity (Wildman–Crippen MR) is 126 cm³/mol. The largest absolute Gasteiger partial charge is 0.366 e. The van der Waals surface area contributed by atoms with Gasteiger partial charge in [-0.15, -0.1) is 0 Å². The summed E-state index contributed by atoms with van der Waals surface area (Å²) in [5, 5.41) is 2.84. The van der Waals surface area contributed by atoms with Crippen molar-refractivity contribution in [3.63, 3.8) is 0 Å². The number of nitrogens with two attached hydrogens (primary N) is 1. The van der Waals surface area contributed by atoms with Crippen LogP contribution >= 0.6 is 0 Å². The van der Waals surface area contributed by atoms with Crippen molar-refractivity contribution in [1.82, 2.24) is 9.80 Å². The standard InChI is InChI=1S/C26H28N4O2/c27-25(31)22-10-12-24(13-11-22)28-26(32)23-8-6-21(7-9-23)19-30-16-14-29(15-17-30)18-20-4-2-1-3-5-20/h1-13H,14-19H2,(H2,27,31)(H,28,32). The van der Waals surface area contributed by atoms with Gasteiger partial charge in [-0.1, -0.05) is 42.5 Å². The van der Waals surface area contributed by atoms with E-state index in [9.17, 15) is 9.59 Å². The van der Waals surface area contributed by atoms with E-state index in [0.29, 0.717) is 16.8 Å². The number of nitrogens with one attached hydrogen (secondary N) is 1. The Morgan fingerprint density at radius 1 is 0.688 bits per heavy atom. The quantitative estimate of drug-likeness (QED) is 0.605. The van der Waals surface area contributed by atoms with Crippen LogP contribution < -0.4 is 11.1 Å². The molecule has 4 rings (SSSR count). The Balaban J connectivity index is 1.25. The molecule has 3 aromatic rings. The maximum Gasteiger partial charge on any atom is 0.255 e. The SMILES string of the molecule is NC(=O)c1ccc(NC(=O)c2ccc(CN3CCN(Cc4ccccc4)CC3)cc2)cc1. The first kappa shape index (κ1) is 21.7. The molecule has 0 radical (unpaired) electrons. The van der Waals surface area contributed by atoms with Crippen LogP contribution in [0.2, 0.25) is 0 Å². The van der Waals surface area contributed by atoms with E-state index in [0.717, 1.165) is 39.3 Å². The number of anilines is 1. The fraction of sp³-hybridized carbons (Fsp3) is 0.231. The minimum absolute atomic E-state index is 0.182. The molecule has 1 heterocycles. The maximum absolute atomic E-state index is 12.5. The molecule has 32 heavy (non-hydrogen) atoms. The zero-order chi connectivity index (χ0) is 22.3. The number of primary amides is 1. The van der Waals surface area contributed by atoms with E-state index in [1.807, 2.05) is 24.3 Å². The predicted octanol–water partition coefficient (Wildman–Crippen LogP) is 3.36. The monoisotopic (exact) mass is 428 g/mol. The lowest BCUT2D eigenvalue weighted by atomic mass is 10.1. The number of benzene rings is 3. The molecule has 1 fully saturated rings. The van der Waals surface area contributed by atoms with Gasteiger partial charge in [0.15, 0.2) is 0 Å². The molecule has 164 valence electrons. The molecule has 0 aliphatic carbocycles. The van der Waals surface area contributed by atoms with E-state index < -0.39 is 5.91 Å². The molecular formula is C26H28N4O2.